The fourth-order valence-corrected chi connectivity index (χ4v) is 1.93. The number of methoxy groups -OCH3 is 1. The lowest BCUT2D eigenvalue weighted by Crippen LogP contribution is -2.30. The third-order valence-corrected chi connectivity index (χ3v) is 3.20. The van der Waals surface area contributed by atoms with Crippen LogP contribution in [0.4, 0.5) is 0 Å². The van der Waals surface area contributed by atoms with Crippen molar-refractivity contribution in [2.45, 2.75) is 24.9 Å². The van der Waals surface area contributed by atoms with Crippen LogP contribution in [0, 0.1) is 0 Å². The van der Waals surface area contributed by atoms with Crippen LogP contribution in [0.15, 0.2) is 24.3 Å². The van der Waals surface area contributed by atoms with Gasteiger partial charge in [-0.05, 0) is 37.6 Å². The fourth-order valence-electron chi connectivity index (χ4n) is 1.93. The van der Waals surface area contributed by atoms with E-state index in [1.54, 1.807) is 7.11 Å². The minimum absolute atomic E-state index is 0.0940. The van der Waals surface area contributed by atoms with Crippen molar-refractivity contribution in [1.29, 1.82) is 0 Å². The molecule has 2 N–H and O–H groups in total. The normalized spacial score (nSPS) is 17.5. The Morgan fingerprint density at radius 1 is 1.38 bits per heavy atom. The van der Waals surface area contributed by atoms with E-state index in [-0.39, 0.29) is 6.04 Å². The average Bonchev–Trinajstić information content (AvgIpc) is 3.13. The summed E-state index contributed by atoms with van der Waals surface area (Å²) in [7, 11) is 3.83. The summed E-state index contributed by atoms with van der Waals surface area (Å²) < 4.78 is 5.13. The Morgan fingerprint density at radius 2 is 2.00 bits per heavy atom. The molecule has 88 valence electrons. The highest BCUT2D eigenvalue weighted by Crippen LogP contribution is 2.27. The van der Waals surface area contributed by atoms with Crippen LogP contribution in [0.1, 0.15) is 24.4 Å². The molecule has 3 heteroatoms. The molecule has 1 fully saturated rings. The molecule has 2 rings (SSSR count). The number of hydrogen-bond donors (Lipinski definition) is 1. The van der Waals surface area contributed by atoms with Gasteiger partial charge in [0.15, 0.2) is 0 Å². The topological polar surface area (TPSA) is 38.5 Å². The molecule has 0 aromatic heterocycles. The quantitative estimate of drug-likeness (QED) is 0.822. The maximum atomic E-state index is 6.17. The molecule has 0 saturated heterocycles. The van der Waals surface area contributed by atoms with E-state index in [0.717, 1.165) is 18.3 Å². The highest BCUT2D eigenvalue weighted by molar-refractivity contribution is 5.29. The molecule has 1 aliphatic carbocycles. The minimum atomic E-state index is 0.0940. The molecule has 0 bridgehead atoms. The van der Waals surface area contributed by atoms with Crippen molar-refractivity contribution in [2.75, 3.05) is 20.7 Å². The van der Waals surface area contributed by atoms with Crippen LogP contribution in [0.2, 0.25) is 0 Å². The van der Waals surface area contributed by atoms with Crippen molar-refractivity contribution >= 4 is 0 Å². The predicted molar refractivity (Wildman–Crippen MR) is 65.6 cm³/mol. The summed E-state index contributed by atoms with van der Waals surface area (Å²) in [5, 5.41) is 0. The van der Waals surface area contributed by atoms with Crippen LogP contribution < -0.4 is 10.5 Å². The molecule has 1 atom stereocenters. The van der Waals surface area contributed by atoms with Crippen molar-refractivity contribution in [2.24, 2.45) is 5.73 Å². The second kappa shape index (κ2) is 4.85. The molecule has 1 aliphatic rings. The van der Waals surface area contributed by atoms with Gasteiger partial charge in [0.2, 0.25) is 0 Å². The monoisotopic (exact) mass is 220 g/mol. The molecule has 16 heavy (non-hydrogen) atoms. The van der Waals surface area contributed by atoms with Crippen molar-refractivity contribution in [1.82, 2.24) is 4.90 Å². The van der Waals surface area contributed by atoms with Gasteiger partial charge in [0.1, 0.15) is 5.75 Å². The molecule has 1 saturated carbocycles. The third kappa shape index (κ3) is 2.74. The Morgan fingerprint density at radius 3 is 2.50 bits per heavy atom. The molecule has 0 heterocycles. The van der Waals surface area contributed by atoms with Crippen LogP contribution in [-0.4, -0.2) is 31.6 Å². The van der Waals surface area contributed by atoms with Crippen molar-refractivity contribution in [3.63, 3.8) is 0 Å². The lowest BCUT2D eigenvalue weighted by atomic mass is 10.1. The average molecular weight is 220 g/mol. The largest absolute Gasteiger partial charge is 0.497 e. The van der Waals surface area contributed by atoms with E-state index >= 15 is 0 Å². The molecular weight excluding hydrogens is 200 g/mol. The van der Waals surface area contributed by atoms with Gasteiger partial charge in [-0.2, -0.15) is 0 Å². The molecule has 0 radical (unpaired) electrons. The van der Waals surface area contributed by atoms with Crippen molar-refractivity contribution in [3.05, 3.63) is 29.8 Å². The summed E-state index contributed by atoms with van der Waals surface area (Å²) in [5.41, 5.74) is 7.34. The fraction of sp³-hybridized carbons (Fsp3) is 0.538. The smallest absolute Gasteiger partial charge is 0.118 e. The van der Waals surface area contributed by atoms with Crippen LogP contribution in [0.5, 0.6) is 5.75 Å². The zero-order valence-electron chi connectivity index (χ0n) is 10.0. The Labute approximate surface area is 97.2 Å². The first-order valence-corrected chi connectivity index (χ1v) is 5.80. The molecule has 3 nitrogen and oxygen atoms in total. The highest BCUT2D eigenvalue weighted by atomic mass is 16.5. The third-order valence-electron chi connectivity index (χ3n) is 3.20. The number of nitrogens with two attached hydrogens (primary N) is 1. The first-order chi connectivity index (χ1) is 7.70. The SMILES string of the molecule is COc1ccc(C(N)CN(C)C2CC2)cc1. The van der Waals surface area contributed by atoms with Gasteiger partial charge in [0.25, 0.3) is 0 Å². The van der Waals surface area contributed by atoms with Gasteiger partial charge in [0.05, 0.1) is 7.11 Å². The maximum Gasteiger partial charge on any atom is 0.118 e. The Balaban J connectivity index is 1.93. The van der Waals surface area contributed by atoms with E-state index in [9.17, 15) is 0 Å². The number of rotatable bonds is 5. The van der Waals surface area contributed by atoms with Gasteiger partial charge >= 0.3 is 0 Å². The molecule has 1 unspecified atom stereocenters. The maximum absolute atomic E-state index is 6.17. The Hall–Kier alpha value is -1.06. The molecular formula is C13H20N2O. The number of hydrogen-bond acceptors (Lipinski definition) is 3. The minimum Gasteiger partial charge on any atom is -0.497 e. The van der Waals surface area contributed by atoms with Crippen LogP contribution in [0.25, 0.3) is 0 Å². The molecule has 0 aliphatic heterocycles. The lowest BCUT2D eigenvalue weighted by Gasteiger charge is -2.21. The summed E-state index contributed by atoms with van der Waals surface area (Å²) >= 11 is 0. The summed E-state index contributed by atoms with van der Waals surface area (Å²) in [6, 6.07) is 8.88. The summed E-state index contributed by atoms with van der Waals surface area (Å²) in [6.45, 7) is 0.928. The zero-order chi connectivity index (χ0) is 11.5. The van der Waals surface area contributed by atoms with Gasteiger partial charge in [-0.1, -0.05) is 12.1 Å². The number of benzene rings is 1. The van der Waals surface area contributed by atoms with Crippen molar-refractivity contribution < 1.29 is 4.74 Å². The van der Waals surface area contributed by atoms with E-state index < -0.39 is 0 Å². The van der Waals surface area contributed by atoms with Crippen LogP contribution >= 0.6 is 0 Å². The van der Waals surface area contributed by atoms with Gasteiger partial charge in [-0.15, -0.1) is 0 Å². The summed E-state index contributed by atoms with van der Waals surface area (Å²) in [4.78, 5) is 2.36. The zero-order valence-corrected chi connectivity index (χ0v) is 10.0. The molecule has 0 amide bonds. The molecule has 1 aromatic carbocycles. The number of likely N-dealkylation sites (N-methyl/N-ethyl adjacent to an activating group) is 1. The van der Waals surface area contributed by atoms with Gasteiger partial charge in [-0.3, -0.25) is 0 Å². The highest BCUT2D eigenvalue weighted by Gasteiger charge is 2.27. The van der Waals surface area contributed by atoms with E-state index in [2.05, 4.69) is 11.9 Å². The summed E-state index contributed by atoms with van der Waals surface area (Å²) in [5.74, 6) is 0.881. The Kier molecular flexibility index (Phi) is 3.46. The molecule has 1 aromatic rings. The van der Waals surface area contributed by atoms with Gasteiger partial charge < -0.3 is 15.4 Å². The first-order valence-electron chi connectivity index (χ1n) is 5.80. The number of ether oxygens (including phenoxy) is 1. The van der Waals surface area contributed by atoms with Gasteiger partial charge in [0, 0.05) is 18.6 Å². The van der Waals surface area contributed by atoms with Crippen molar-refractivity contribution in [3.8, 4) is 5.75 Å². The van der Waals surface area contributed by atoms with E-state index in [4.69, 9.17) is 10.5 Å². The Bertz CT molecular complexity index is 332. The summed E-state index contributed by atoms with van der Waals surface area (Å²) in [6.07, 6.45) is 2.65. The second-order valence-corrected chi connectivity index (χ2v) is 4.55. The predicted octanol–water partition coefficient (Wildman–Crippen LogP) is 1.79. The molecule has 0 spiro atoms. The van der Waals surface area contributed by atoms with Crippen LogP contribution in [-0.2, 0) is 0 Å². The second-order valence-electron chi connectivity index (χ2n) is 4.55. The van der Waals surface area contributed by atoms with E-state index in [0.29, 0.717) is 0 Å². The van der Waals surface area contributed by atoms with E-state index in [1.807, 2.05) is 24.3 Å². The number of nitrogens with zero attached hydrogens (tertiary/aromatic N) is 1. The van der Waals surface area contributed by atoms with Gasteiger partial charge in [-0.25, -0.2) is 0 Å². The van der Waals surface area contributed by atoms with E-state index in [1.165, 1.54) is 18.4 Å². The lowest BCUT2D eigenvalue weighted by molar-refractivity contribution is 0.303. The first kappa shape index (κ1) is 11.4. The standard InChI is InChI=1S/C13H20N2O/c1-15(11-5-6-11)9-13(14)10-3-7-12(16-2)8-4-10/h3-4,7-8,11,13H,5-6,9,14H2,1-2H3. The van der Waals surface area contributed by atoms with Crippen LogP contribution in [0.3, 0.4) is 0 Å².